The Bertz CT molecular complexity index is 1170. The number of rotatable bonds is 3. The van der Waals surface area contributed by atoms with Gasteiger partial charge in [0.15, 0.2) is 9.84 Å². The number of aryl methyl sites for hydroxylation is 1. The molecule has 0 spiro atoms. The minimum atomic E-state index is -3.34. The lowest BCUT2D eigenvalue weighted by Gasteiger charge is -2.22. The van der Waals surface area contributed by atoms with Crippen molar-refractivity contribution < 1.29 is 8.42 Å². The van der Waals surface area contributed by atoms with Gasteiger partial charge in [0, 0.05) is 35.5 Å². The molecule has 28 heavy (non-hydrogen) atoms. The highest BCUT2D eigenvalue weighted by Crippen LogP contribution is 2.30. The highest BCUT2D eigenvalue weighted by atomic mass is 35.5. The fourth-order valence-corrected chi connectivity index (χ4v) is 5.28. The Morgan fingerprint density at radius 1 is 0.929 bits per heavy atom. The van der Waals surface area contributed by atoms with Crippen LogP contribution in [0.5, 0.6) is 0 Å². The van der Waals surface area contributed by atoms with Gasteiger partial charge >= 0.3 is 0 Å². The van der Waals surface area contributed by atoms with Gasteiger partial charge in [-0.25, -0.2) is 8.42 Å². The maximum absolute atomic E-state index is 12.4. The molecule has 0 fully saturated rings. The van der Waals surface area contributed by atoms with Gasteiger partial charge in [-0.1, -0.05) is 33.5 Å². The topological polar surface area (TPSA) is 59.9 Å². The number of benzene rings is 1. The quantitative estimate of drug-likeness (QED) is 0.442. The van der Waals surface area contributed by atoms with E-state index >= 15 is 0 Å². The molecule has 0 bridgehead atoms. The minimum absolute atomic E-state index is 0.403. The molecule has 0 aliphatic heterocycles. The molecular formula is C18H19B4ClN2O2S. The van der Waals surface area contributed by atoms with Crippen molar-refractivity contribution in [3.05, 3.63) is 41.3 Å². The first-order chi connectivity index (χ1) is 13.0. The Morgan fingerprint density at radius 2 is 1.54 bits per heavy atom. The molecule has 10 heteroatoms. The molecule has 2 aromatic heterocycles. The van der Waals surface area contributed by atoms with E-state index in [0.29, 0.717) is 9.92 Å². The second kappa shape index (κ2) is 7.45. The Hall–Kier alpha value is -1.98. The number of nitrogens with zero attached hydrogens (tertiary/aromatic N) is 2. The van der Waals surface area contributed by atoms with Crippen molar-refractivity contribution in [2.24, 2.45) is 0 Å². The molecule has 0 aliphatic rings. The highest BCUT2D eigenvalue weighted by Gasteiger charge is 2.23. The first-order valence-corrected chi connectivity index (χ1v) is 11.2. The molecule has 138 valence electrons. The largest absolute Gasteiger partial charge is 0.261 e. The Morgan fingerprint density at radius 3 is 2.04 bits per heavy atom. The molecule has 0 amide bonds. The van der Waals surface area contributed by atoms with E-state index in [-0.39, 0.29) is 0 Å². The zero-order chi connectivity index (χ0) is 20.8. The summed E-state index contributed by atoms with van der Waals surface area (Å²) in [6.07, 6.45) is 4.67. The first kappa shape index (κ1) is 20.7. The van der Waals surface area contributed by atoms with E-state index in [1.165, 1.54) is 6.26 Å². The SMILES string of the molecule is Bc1c(B)c(S(C)(=O)=O)c(B)c(B)c1-c1cc(Cl)cnc1-c1ccc(C)nc1. The second-order valence-electron chi connectivity index (χ2n) is 7.21. The summed E-state index contributed by atoms with van der Waals surface area (Å²) < 4.78 is 24.7. The normalized spacial score (nSPS) is 11.5. The van der Waals surface area contributed by atoms with E-state index in [1.54, 1.807) is 12.4 Å². The molecule has 4 nitrogen and oxygen atoms in total. The monoisotopic (exact) mass is 406 g/mol. The lowest BCUT2D eigenvalue weighted by molar-refractivity contribution is 0.603. The number of halogens is 1. The van der Waals surface area contributed by atoms with Crippen LogP contribution >= 0.6 is 11.6 Å². The Balaban J connectivity index is 2.40. The van der Waals surface area contributed by atoms with Gasteiger partial charge in [-0.15, -0.1) is 0 Å². The van der Waals surface area contributed by atoms with Crippen molar-refractivity contribution >= 4 is 74.7 Å². The van der Waals surface area contributed by atoms with Crippen LogP contribution < -0.4 is 21.9 Å². The number of aromatic nitrogens is 2. The average Bonchev–Trinajstić information content (AvgIpc) is 2.60. The van der Waals surface area contributed by atoms with E-state index in [9.17, 15) is 8.42 Å². The third-order valence-electron chi connectivity index (χ3n) is 5.24. The fraction of sp³-hybridized carbons (Fsp3) is 0.111. The third kappa shape index (κ3) is 3.65. The summed E-state index contributed by atoms with van der Waals surface area (Å²) in [4.78, 5) is 9.37. The molecule has 1 aromatic carbocycles. The van der Waals surface area contributed by atoms with Crippen LogP contribution in [0.2, 0.25) is 5.02 Å². The van der Waals surface area contributed by atoms with Gasteiger partial charge in [-0.2, -0.15) is 0 Å². The van der Waals surface area contributed by atoms with Crippen molar-refractivity contribution in [3.63, 3.8) is 0 Å². The summed E-state index contributed by atoms with van der Waals surface area (Å²) in [5.74, 6) is 0. The summed E-state index contributed by atoms with van der Waals surface area (Å²) in [6.45, 7) is 1.94. The molecule has 0 aliphatic carbocycles. The first-order valence-electron chi connectivity index (χ1n) is 8.91. The van der Waals surface area contributed by atoms with E-state index in [1.807, 2.05) is 56.5 Å². The molecule has 0 radical (unpaired) electrons. The van der Waals surface area contributed by atoms with Gasteiger partial charge in [0.1, 0.15) is 31.4 Å². The molecule has 0 atom stereocenters. The Labute approximate surface area is 174 Å². The lowest BCUT2D eigenvalue weighted by atomic mass is 9.65. The molecule has 3 rings (SSSR count). The van der Waals surface area contributed by atoms with Crippen LogP contribution in [0.4, 0.5) is 0 Å². The lowest BCUT2D eigenvalue weighted by Crippen LogP contribution is -2.47. The maximum atomic E-state index is 12.4. The summed E-state index contributed by atoms with van der Waals surface area (Å²) in [5, 5.41) is 0.528. The summed E-state index contributed by atoms with van der Waals surface area (Å²) in [6, 6.07) is 5.81. The molecular weight excluding hydrogens is 387 g/mol. The van der Waals surface area contributed by atoms with Gasteiger partial charge in [-0.05, 0) is 30.7 Å². The van der Waals surface area contributed by atoms with Gasteiger partial charge in [0.05, 0.1) is 15.6 Å². The molecule has 0 unspecified atom stereocenters. The molecule has 0 saturated heterocycles. The van der Waals surface area contributed by atoms with E-state index in [4.69, 9.17) is 11.6 Å². The summed E-state index contributed by atoms with van der Waals surface area (Å²) >= 11 is 6.29. The number of sulfone groups is 1. The van der Waals surface area contributed by atoms with Crippen LogP contribution in [-0.2, 0) is 9.84 Å². The van der Waals surface area contributed by atoms with E-state index in [0.717, 1.165) is 49.9 Å². The molecule has 0 saturated carbocycles. The van der Waals surface area contributed by atoms with Crippen LogP contribution in [0.15, 0.2) is 35.5 Å². The van der Waals surface area contributed by atoms with Crippen molar-refractivity contribution in [1.29, 1.82) is 0 Å². The third-order valence-corrected chi connectivity index (χ3v) is 6.80. The number of hydrogen-bond donors (Lipinski definition) is 0. The van der Waals surface area contributed by atoms with E-state index < -0.39 is 9.84 Å². The van der Waals surface area contributed by atoms with Gasteiger partial charge < -0.3 is 0 Å². The van der Waals surface area contributed by atoms with Crippen molar-refractivity contribution in [3.8, 4) is 22.4 Å². The smallest absolute Gasteiger partial charge is 0.174 e. The van der Waals surface area contributed by atoms with Gasteiger partial charge in [0.2, 0.25) is 0 Å². The maximum Gasteiger partial charge on any atom is 0.174 e. The predicted molar refractivity (Wildman–Crippen MR) is 128 cm³/mol. The van der Waals surface area contributed by atoms with Crippen LogP contribution in [0.1, 0.15) is 5.69 Å². The fourth-order valence-electron chi connectivity index (χ4n) is 3.71. The van der Waals surface area contributed by atoms with Crippen molar-refractivity contribution in [2.75, 3.05) is 6.26 Å². The molecule has 3 aromatic rings. The summed E-state index contributed by atoms with van der Waals surface area (Å²) in [7, 11) is 4.27. The van der Waals surface area contributed by atoms with Crippen LogP contribution in [0.3, 0.4) is 0 Å². The number of hydrogen-bond acceptors (Lipinski definition) is 4. The molecule has 2 heterocycles. The van der Waals surface area contributed by atoms with Crippen molar-refractivity contribution in [2.45, 2.75) is 11.8 Å². The second-order valence-corrected chi connectivity index (χ2v) is 9.60. The van der Waals surface area contributed by atoms with Crippen LogP contribution in [0.25, 0.3) is 22.4 Å². The van der Waals surface area contributed by atoms with Crippen molar-refractivity contribution in [1.82, 2.24) is 9.97 Å². The average molecular weight is 406 g/mol. The Kier molecular flexibility index (Phi) is 5.52. The zero-order valence-electron chi connectivity index (χ0n) is 16.9. The minimum Gasteiger partial charge on any atom is -0.261 e. The standard InChI is InChI=1S/C18H19B4ClN2O2S/c1-8-3-4-9(6-24-8)17-11(5-10(23)7-25-17)12-13(19)15(21)18(28(2,26)27)16(22)14(12)20/h3-7H,19-22H2,1-2H3. The predicted octanol–water partition coefficient (Wildman–Crippen LogP) is -2.79. The van der Waals surface area contributed by atoms with E-state index in [2.05, 4.69) is 9.97 Å². The molecule has 0 N–H and O–H groups in total. The van der Waals surface area contributed by atoms with Crippen LogP contribution in [0, 0.1) is 6.92 Å². The number of pyridine rings is 2. The summed E-state index contributed by atoms with van der Waals surface area (Å²) in [5.41, 5.74) is 7.76. The van der Waals surface area contributed by atoms with Crippen LogP contribution in [-0.4, -0.2) is 56.0 Å². The highest BCUT2D eigenvalue weighted by molar-refractivity contribution is 7.91. The van der Waals surface area contributed by atoms with Gasteiger partial charge in [0.25, 0.3) is 0 Å². The zero-order valence-corrected chi connectivity index (χ0v) is 18.5. The van der Waals surface area contributed by atoms with Gasteiger partial charge in [-0.3, -0.25) is 9.97 Å².